The van der Waals surface area contributed by atoms with E-state index in [9.17, 15) is 0 Å². The number of hydrogen-bond acceptors (Lipinski definition) is 4. The van der Waals surface area contributed by atoms with Crippen LogP contribution in [0.4, 0.5) is 0 Å². The lowest BCUT2D eigenvalue weighted by molar-refractivity contribution is -0.212. The summed E-state index contributed by atoms with van der Waals surface area (Å²) < 4.78 is 0. The van der Waals surface area contributed by atoms with E-state index in [0.29, 0.717) is 24.2 Å². The molecule has 6 fully saturated rings. The lowest BCUT2D eigenvalue weighted by atomic mass is 9.58. The fraction of sp³-hybridized carbons (Fsp3) is 1.00. The van der Waals surface area contributed by atoms with Gasteiger partial charge in [0.05, 0.1) is 0 Å². The van der Waals surface area contributed by atoms with Crippen LogP contribution in [0.3, 0.4) is 0 Å². The van der Waals surface area contributed by atoms with Crippen molar-refractivity contribution in [3.05, 3.63) is 0 Å². The van der Waals surface area contributed by atoms with Gasteiger partial charge in [0, 0.05) is 35.2 Å². The molecule has 2 unspecified atom stereocenters. The van der Waals surface area contributed by atoms with E-state index in [4.69, 9.17) is 0 Å². The summed E-state index contributed by atoms with van der Waals surface area (Å²) in [6.45, 7) is 14.1. The van der Waals surface area contributed by atoms with Crippen LogP contribution in [0, 0.1) is 11.8 Å². The summed E-state index contributed by atoms with van der Waals surface area (Å²) in [6, 6.07) is 2.76. The van der Waals surface area contributed by atoms with E-state index in [1.54, 1.807) is 0 Å². The third-order valence-electron chi connectivity index (χ3n) is 6.53. The Bertz CT molecular complexity index is 409. The summed E-state index contributed by atoms with van der Waals surface area (Å²) >= 11 is 0. The van der Waals surface area contributed by atoms with Gasteiger partial charge in [-0.3, -0.25) is 10.9 Å². The van der Waals surface area contributed by atoms with E-state index < -0.39 is 0 Å². The average molecular weight is 306 g/mol. The third-order valence-corrected chi connectivity index (χ3v) is 6.53. The van der Waals surface area contributed by atoms with Gasteiger partial charge in [-0.2, -0.15) is 0 Å². The Kier molecular flexibility index (Phi) is 3.27. The minimum absolute atomic E-state index is 0.213. The molecule has 2 saturated carbocycles. The van der Waals surface area contributed by atoms with Crippen molar-refractivity contribution in [1.82, 2.24) is 20.9 Å². The van der Waals surface area contributed by atoms with Crippen LogP contribution in [0.1, 0.15) is 67.2 Å². The largest absolute Gasteiger partial charge is 0.251 e. The molecule has 2 aliphatic carbocycles. The Morgan fingerprint density at radius 1 is 0.636 bits per heavy atom. The number of nitrogens with zero attached hydrogens (tertiary/aromatic N) is 2. The van der Waals surface area contributed by atoms with Gasteiger partial charge < -0.3 is 0 Å². The van der Waals surface area contributed by atoms with Crippen LogP contribution in [-0.2, 0) is 0 Å². The van der Waals surface area contributed by atoms with Crippen LogP contribution in [0.25, 0.3) is 0 Å². The SMILES string of the molecule is CC(C)(C)N1N[C@H]2CC[C@@H]1C1C2[C@H]2CC[C@@H]1N(C(C)(C)C)N2. The van der Waals surface area contributed by atoms with Crippen LogP contribution >= 0.6 is 0 Å². The van der Waals surface area contributed by atoms with Crippen molar-refractivity contribution in [3.8, 4) is 0 Å². The van der Waals surface area contributed by atoms with E-state index in [-0.39, 0.29) is 11.1 Å². The molecule has 2 N–H and O–H groups in total. The molecule has 0 radical (unpaired) electrons. The number of nitrogens with one attached hydrogen (secondary N) is 2. The molecule has 0 aromatic carbocycles. The molecule has 6 rings (SSSR count). The van der Waals surface area contributed by atoms with E-state index in [0.717, 1.165) is 11.8 Å². The Balaban J connectivity index is 1.69. The number of fused-ring (bicyclic) bond motifs is 4. The predicted molar refractivity (Wildman–Crippen MR) is 90.1 cm³/mol. The summed E-state index contributed by atoms with van der Waals surface area (Å²) in [6.07, 6.45) is 5.46. The van der Waals surface area contributed by atoms with Gasteiger partial charge in [0.2, 0.25) is 0 Å². The molecule has 4 heteroatoms. The van der Waals surface area contributed by atoms with E-state index in [1.807, 2.05) is 0 Å². The quantitative estimate of drug-likeness (QED) is 0.720. The van der Waals surface area contributed by atoms with Gasteiger partial charge in [-0.05, 0) is 79.1 Å². The molecule has 6 atom stereocenters. The van der Waals surface area contributed by atoms with Crippen molar-refractivity contribution < 1.29 is 0 Å². The molecule has 4 heterocycles. The molecule has 4 aliphatic heterocycles. The molecular formula is C18H34N4. The first-order valence-corrected chi connectivity index (χ1v) is 9.29. The van der Waals surface area contributed by atoms with Gasteiger partial charge in [0.1, 0.15) is 0 Å². The molecule has 0 spiro atoms. The molecule has 6 aliphatic rings. The van der Waals surface area contributed by atoms with E-state index in [2.05, 4.69) is 62.4 Å². The summed E-state index contributed by atoms with van der Waals surface area (Å²) in [7, 11) is 0. The molecule has 4 saturated heterocycles. The highest BCUT2D eigenvalue weighted by Crippen LogP contribution is 2.51. The molecule has 126 valence electrons. The zero-order chi connectivity index (χ0) is 15.9. The normalized spacial score (nSPS) is 46.1. The van der Waals surface area contributed by atoms with Crippen LogP contribution in [-0.4, -0.2) is 45.3 Å². The van der Waals surface area contributed by atoms with Crippen molar-refractivity contribution in [2.75, 3.05) is 0 Å². The van der Waals surface area contributed by atoms with Crippen molar-refractivity contribution in [1.29, 1.82) is 0 Å². The van der Waals surface area contributed by atoms with Crippen LogP contribution in [0.15, 0.2) is 0 Å². The summed E-state index contributed by atoms with van der Waals surface area (Å²) in [5.41, 5.74) is 8.24. The van der Waals surface area contributed by atoms with Gasteiger partial charge >= 0.3 is 0 Å². The third kappa shape index (κ3) is 2.10. The molecule has 22 heavy (non-hydrogen) atoms. The highest BCUT2D eigenvalue weighted by atomic mass is 15.6. The van der Waals surface area contributed by atoms with Gasteiger partial charge in [-0.15, -0.1) is 0 Å². The van der Waals surface area contributed by atoms with Crippen LogP contribution in [0.2, 0.25) is 0 Å². The molecule has 0 aromatic rings. The van der Waals surface area contributed by atoms with Crippen molar-refractivity contribution >= 4 is 0 Å². The van der Waals surface area contributed by atoms with Crippen molar-refractivity contribution in [2.24, 2.45) is 11.8 Å². The Morgan fingerprint density at radius 3 is 1.41 bits per heavy atom. The van der Waals surface area contributed by atoms with Gasteiger partial charge in [0.25, 0.3) is 0 Å². The van der Waals surface area contributed by atoms with Crippen LogP contribution < -0.4 is 10.9 Å². The summed E-state index contributed by atoms with van der Waals surface area (Å²) in [4.78, 5) is 0. The van der Waals surface area contributed by atoms with Crippen molar-refractivity contribution in [2.45, 2.75) is 102 Å². The van der Waals surface area contributed by atoms with Crippen LogP contribution in [0.5, 0.6) is 0 Å². The topological polar surface area (TPSA) is 30.5 Å². The molecule has 4 bridgehead atoms. The Hall–Kier alpha value is -0.160. The summed E-state index contributed by atoms with van der Waals surface area (Å²) in [5, 5.41) is 5.23. The zero-order valence-corrected chi connectivity index (χ0v) is 15.2. The standard InChI is InChI=1S/C18H34N4/c1-17(2,3)21-13-9-7-11(19-21)15-12-8-10-14(16(13)15)22(20-12)18(4,5)6/h11-16,19-20H,7-10H2,1-6H3/t11-,12+,13+,14-,15?,16?. The second-order valence-corrected chi connectivity index (χ2v) is 10.00. The summed E-state index contributed by atoms with van der Waals surface area (Å²) in [5.74, 6) is 1.66. The zero-order valence-electron chi connectivity index (χ0n) is 15.2. The number of hydrazine groups is 2. The molecular weight excluding hydrogens is 272 g/mol. The van der Waals surface area contributed by atoms with E-state index in [1.165, 1.54) is 25.7 Å². The molecule has 0 amide bonds. The number of hydrogen-bond donors (Lipinski definition) is 2. The number of rotatable bonds is 0. The Morgan fingerprint density at radius 2 is 1.05 bits per heavy atom. The minimum atomic E-state index is 0.213. The monoisotopic (exact) mass is 306 g/mol. The highest BCUT2D eigenvalue weighted by Gasteiger charge is 2.61. The van der Waals surface area contributed by atoms with E-state index >= 15 is 0 Å². The fourth-order valence-electron chi connectivity index (χ4n) is 5.89. The van der Waals surface area contributed by atoms with Gasteiger partial charge in [-0.1, -0.05) is 0 Å². The van der Waals surface area contributed by atoms with Crippen molar-refractivity contribution in [3.63, 3.8) is 0 Å². The second-order valence-electron chi connectivity index (χ2n) is 10.00. The first-order valence-electron chi connectivity index (χ1n) is 9.29. The average Bonchev–Trinajstić information content (AvgIpc) is 2.46. The molecule has 4 nitrogen and oxygen atoms in total. The Labute approximate surface area is 135 Å². The first kappa shape index (κ1) is 15.4. The minimum Gasteiger partial charge on any atom is -0.251 e. The molecule has 0 aromatic heterocycles. The fourth-order valence-corrected chi connectivity index (χ4v) is 5.89. The lowest BCUT2D eigenvalue weighted by Crippen LogP contribution is -2.82. The maximum absolute atomic E-state index is 3.91. The predicted octanol–water partition coefficient (Wildman–Crippen LogP) is 2.52. The van der Waals surface area contributed by atoms with Gasteiger partial charge in [-0.25, -0.2) is 10.0 Å². The van der Waals surface area contributed by atoms with Gasteiger partial charge in [0.15, 0.2) is 0 Å². The second kappa shape index (κ2) is 4.69. The smallest absolute Gasteiger partial charge is 0.0297 e. The highest BCUT2D eigenvalue weighted by molar-refractivity contribution is 5.14. The lowest BCUT2D eigenvalue weighted by Gasteiger charge is -2.68. The first-order chi connectivity index (χ1) is 10.2. The maximum atomic E-state index is 3.91. The maximum Gasteiger partial charge on any atom is 0.0297 e.